The van der Waals surface area contributed by atoms with E-state index in [1.165, 1.54) is 0 Å². The van der Waals surface area contributed by atoms with Crippen LogP contribution in [0.4, 0.5) is 0 Å². The Morgan fingerprint density at radius 1 is 0.720 bits per heavy atom. The molecular formula is C22H22O3. The molecular weight excluding hydrogens is 312 g/mol. The summed E-state index contributed by atoms with van der Waals surface area (Å²) >= 11 is 0. The molecule has 2 heterocycles. The molecule has 2 saturated heterocycles. The molecule has 0 N–H and O–H groups in total. The van der Waals surface area contributed by atoms with Gasteiger partial charge in [-0.1, -0.05) is 85.0 Å². The summed E-state index contributed by atoms with van der Waals surface area (Å²) in [4.78, 5) is 0. The van der Waals surface area contributed by atoms with Crippen molar-refractivity contribution in [2.24, 2.45) is 0 Å². The van der Waals surface area contributed by atoms with Gasteiger partial charge in [-0.15, -0.1) is 0 Å². The van der Waals surface area contributed by atoms with Gasteiger partial charge in [0.15, 0.2) is 0 Å². The molecule has 3 heteroatoms. The lowest BCUT2D eigenvalue weighted by atomic mass is 10.1. The average Bonchev–Trinajstić information content (AvgIpc) is 3.56. The molecule has 4 unspecified atom stereocenters. The second kappa shape index (κ2) is 7.79. The Kier molecular flexibility index (Phi) is 5.07. The molecule has 0 aliphatic carbocycles. The molecule has 4 rings (SSSR count). The Morgan fingerprint density at radius 3 is 1.48 bits per heavy atom. The Hall–Kier alpha value is -2.20. The lowest BCUT2D eigenvalue weighted by Crippen LogP contribution is -2.27. The summed E-state index contributed by atoms with van der Waals surface area (Å²) in [5.74, 6) is 0. The van der Waals surface area contributed by atoms with Crippen LogP contribution in [0.1, 0.15) is 11.1 Å². The zero-order valence-electron chi connectivity index (χ0n) is 14.0. The summed E-state index contributed by atoms with van der Waals surface area (Å²) in [5, 5.41) is 0. The quantitative estimate of drug-likeness (QED) is 0.685. The fraction of sp³-hybridized carbons (Fsp3) is 0.273. The molecule has 4 atom stereocenters. The van der Waals surface area contributed by atoms with Crippen molar-refractivity contribution in [3.05, 3.63) is 83.9 Å². The third kappa shape index (κ3) is 4.89. The van der Waals surface area contributed by atoms with Crippen molar-refractivity contribution in [1.29, 1.82) is 0 Å². The van der Waals surface area contributed by atoms with E-state index in [2.05, 4.69) is 48.6 Å². The maximum Gasteiger partial charge on any atom is 0.111 e. The van der Waals surface area contributed by atoms with Crippen molar-refractivity contribution in [1.82, 2.24) is 0 Å². The van der Waals surface area contributed by atoms with Gasteiger partial charge in [-0.25, -0.2) is 0 Å². The summed E-state index contributed by atoms with van der Waals surface area (Å²) in [6.45, 7) is 1.51. The van der Waals surface area contributed by atoms with E-state index in [-0.39, 0.29) is 24.4 Å². The topological polar surface area (TPSA) is 34.3 Å². The highest BCUT2D eigenvalue weighted by Crippen LogP contribution is 2.26. The van der Waals surface area contributed by atoms with Crippen LogP contribution in [-0.2, 0) is 14.2 Å². The summed E-state index contributed by atoms with van der Waals surface area (Å²) in [5.41, 5.74) is 2.33. The molecule has 3 nitrogen and oxygen atoms in total. The number of epoxide rings is 2. The predicted octanol–water partition coefficient (Wildman–Crippen LogP) is 3.96. The predicted molar refractivity (Wildman–Crippen MR) is 99.1 cm³/mol. The number of ether oxygens (including phenoxy) is 3. The first-order valence-electron chi connectivity index (χ1n) is 8.74. The van der Waals surface area contributed by atoms with Crippen LogP contribution in [0.2, 0.25) is 0 Å². The number of hydrogen-bond donors (Lipinski definition) is 0. The minimum absolute atomic E-state index is 0.0603. The summed E-state index contributed by atoms with van der Waals surface area (Å²) < 4.78 is 17.3. The maximum atomic E-state index is 6.32. The van der Waals surface area contributed by atoms with Crippen molar-refractivity contribution >= 4 is 12.2 Å². The van der Waals surface area contributed by atoms with E-state index in [4.69, 9.17) is 14.2 Å². The Balaban J connectivity index is 1.44. The van der Waals surface area contributed by atoms with Gasteiger partial charge in [-0.05, 0) is 11.1 Å². The van der Waals surface area contributed by atoms with E-state index in [0.29, 0.717) is 0 Å². The second-order valence-corrected chi connectivity index (χ2v) is 6.35. The highest BCUT2D eigenvalue weighted by molar-refractivity contribution is 5.50. The van der Waals surface area contributed by atoms with Crippen molar-refractivity contribution in [2.45, 2.75) is 24.4 Å². The van der Waals surface area contributed by atoms with Crippen molar-refractivity contribution in [2.75, 3.05) is 13.2 Å². The van der Waals surface area contributed by atoms with Crippen molar-refractivity contribution in [3.63, 3.8) is 0 Å². The number of benzene rings is 2. The van der Waals surface area contributed by atoms with Gasteiger partial charge in [0.05, 0.1) is 13.2 Å². The minimum atomic E-state index is -0.0603. The first-order valence-corrected chi connectivity index (χ1v) is 8.74. The van der Waals surface area contributed by atoms with Crippen LogP contribution < -0.4 is 0 Å². The molecule has 0 bridgehead atoms. The van der Waals surface area contributed by atoms with Crippen LogP contribution in [-0.4, -0.2) is 37.6 Å². The van der Waals surface area contributed by atoms with Crippen molar-refractivity contribution in [3.8, 4) is 0 Å². The van der Waals surface area contributed by atoms with Gasteiger partial charge < -0.3 is 14.2 Å². The van der Waals surface area contributed by atoms with E-state index in [1.807, 2.05) is 36.4 Å². The van der Waals surface area contributed by atoms with Gasteiger partial charge in [-0.2, -0.15) is 0 Å². The largest absolute Gasteiger partial charge is 0.370 e. The molecule has 2 aromatic carbocycles. The molecule has 2 aliphatic rings. The smallest absolute Gasteiger partial charge is 0.111 e. The number of rotatable bonds is 8. The highest BCUT2D eigenvalue weighted by atomic mass is 16.6. The van der Waals surface area contributed by atoms with Crippen molar-refractivity contribution < 1.29 is 14.2 Å². The fourth-order valence-corrected chi connectivity index (χ4v) is 2.73. The van der Waals surface area contributed by atoms with Gasteiger partial charge in [-0.3, -0.25) is 0 Å². The van der Waals surface area contributed by atoms with Gasteiger partial charge in [0.1, 0.15) is 24.4 Å². The first kappa shape index (κ1) is 16.3. The van der Waals surface area contributed by atoms with E-state index in [0.717, 1.165) is 24.3 Å². The molecule has 0 radical (unpaired) electrons. The summed E-state index contributed by atoms with van der Waals surface area (Å²) in [6, 6.07) is 20.5. The second-order valence-electron chi connectivity index (χ2n) is 6.35. The summed E-state index contributed by atoms with van der Waals surface area (Å²) in [7, 11) is 0. The maximum absolute atomic E-state index is 6.32. The average molecular weight is 334 g/mol. The van der Waals surface area contributed by atoms with Gasteiger partial charge in [0, 0.05) is 0 Å². The van der Waals surface area contributed by atoms with E-state index < -0.39 is 0 Å². The zero-order chi connectivity index (χ0) is 16.9. The van der Waals surface area contributed by atoms with Crippen LogP contribution in [0.5, 0.6) is 0 Å². The Labute approximate surface area is 148 Å². The SMILES string of the molecule is C(=CC(OC(C=Cc1ccccc1)C1CO1)C1CO1)c1ccccc1. The molecule has 128 valence electrons. The molecule has 0 saturated carbocycles. The molecule has 0 spiro atoms. The van der Waals surface area contributed by atoms with E-state index >= 15 is 0 Å². The lowest BCUT2D eigenvalue weighted by molar-refractivity contribution is 0.0123. The standard InChI is InChI=1S/C22H22O3/c1-3-7-17(8-4-1)11-13-19(21-15-23-21)25-20(22-16-24-22)14-12-18-9-5-2-6-10-18/h1-14,19-22H,15-16H2. The van der Waals surface area contributed by atoms with Gasteiger partial charge in [0.2, 0.25) is 0 Å². The normalized spacial score (nSPS) is 24.5. The van der Waals surface area contributed by atoms with Crippen LogP contribution in [0.15, 0.2) is 72.8 Å². The molecule has 0 aromatic heterocycles. The van der Waals surface area contributed by atoms with Gasteiger partial charge >= 0.3 is 0 Å². The molecule has 2 aromatic rings. The monoisotopic (exact) mass is 334 g/mol. The first-order chi connectivity index (χ1) is 12.4. The fourth-order valence-electron chi connectivity index (χ4n) is 2.73. The summed E-state index contributed by atoms with van der Waals surface area (Å²) in [6.07, 6.45) is 8.55. The third-order valence-electron chi connectivity index (χ3n) is 4.32. The van der Waals surface area contributed by atoms with Crippen LogP contribution in [0.25, 0.3) is 12.2 Å². The zero-order valence-corrected chi connectivity index (χ0v) is 14.0. The molecule has 25 heavy (non-hydrogen) atoms. The van der Waals surface area contributed by atoms with Crippen LogP contribution in [0.3, 0.4) is 0 Å². The molecule has 0 amide bonds. The Bertz CT molecular complexity index is 652. The number of hydrogen-bond acceptors (Lipinski definition) is 3. The third-order valence-corrected chi connectivity index (χ3v) is 4.32. The molecule has 2 aliphatic heterocycles. The van der Waals surface area contributed by atoms with E-state index in [1.54, 1.807) is 0 Å². The molecule has 2 fully saturated rings. The minimum Gasteiger partial charge on any atom is -0.370 e. The highest BCUT2D eigenvalue weighted by Gasteiger charge is 2.38. The van der Waals surface area contributed by atoms with Crippen LogP contribution >= 0.6 is 0 Å². The lowest BCUT2D eigenvalue weighted by Gasteiger charge is -2.18. The van der Waals surface area contributed by atoms with E-state index in [9.17, 15) is 0 Å². The Morgan fingerprint density at radius 2 is 1.12 bits per heavy atom. The van der Waals surface area contributed by atoms with Gasteiger partial charge in [0.25, 0.3) is 0 Å². The van der Waals surface area contributed by atoms with Crippen LogP contribution in [0, 0.1) is 0 Å².